The Morgan fingerprint density at radius 2 is 1.82 bits per heavy atom. The van der Waals surface area contributed by atoms with Gasteiger partial charge in [0.1, 0.15) is 18.3 Å². The SMILES string of the molecule is O[C@H]1CCN(c2cn(-c3ccc4c(c3)ncn4C3CCCCC3)c3ncnc(OCc4ccccc4)c23)C1. The van der Waals surface area contributed by atoms with Crippen LogP contribution in [0.15, 0.2) is 67.4 Å². The molecule has 2 aromatic carbocycles. The first-order chi connectivity index (χ1) is 18.7. The Balaban J connectivity index is 1.30. The Morgan fingerprint density at radius 3 is 2.63 bits per heavy atom. The molecule has 7 rings (SSSR count). The molecule has 194 valence electrons. The zero-order valence-corrected chi connectivity index (χ0v) is 21.4. The number of β-amino-alcohol motifs (C(OH)–C–C–N with tert-alkyl or cyclic N) is 1. The third-order valence-electron chi connectivity index (χ3n) is 8.06. The molecule has 0 spiro atoms. The molecule has 0 unspecified atom stereocenters. The van der Waals surface area contributed by atoms with Gasteiger partial charge in [-0.1, -0.05) is 49.6 Å². The predicted octanol–water partition coefficient (Wildman–Crippen LogP) is 5.43. The fourth-order valence-corrected chi connectivity index (χ4v) is 6.07. The monoisotopic (exact) mass is 508 g/mol. The summed E-state index contributed by atoms with van der Waals surface area (Å²) in [6.07, 6.45) is 12.4. The Kier molecular flexibility index (Phi) is 5.96. The van der Waals surface area contributed by atoms with Crippen molar-refractivity contribution in [3.8, 4) is 11.6 Å². The number of fused-ring (bicyclic) bond motifs is 2. The maximum atomic E-state index is 10.3. The van der Waals surface area contributed by atoms with Gasteiger partial charge < -0.3 is 19.3 Å². The van der Waals surface area contributed by atoms with E-state index in [-0.39, 0.29) is 6.10 Å². The second kappa shape index (κ2) is 9.76. The van der Waals surface area contributed by atoms with E-state index >= 15 is 0 Å². The number of imidazole rings is 1. The van der Waals surface area contributed by atoms with Crippen molar-refractivity contribution in [3.63, 3.8) is 0 Å². The van der Waals surface area contributed by atoms with Crippen molar-refractivity contribution in [2.24, 2.45) is 0 Å². The molecule has 3 aromatic heterocycles. The van der Waals surface area contributed by atoms with Crippen molar-refractivity contribution in [2.45, 2.75) is 57.3 Å². The van der Waals surface area contributed by atoms with E-state index in [0.717, 1.165) is 46.5 Å². The van der Waals surface area contributed by atoms with Gasteiger partial charge in [0.2, 0.25) is 5.88 Å². The summed E-state index contributed by atoms with van der Waals surface area (Å²) in [5, 5.41) is 11.2. The van der Waals surface area contributed by atoms with E-state index in [1.165, 1.54) is 37.6 Å². The topological polar surface area (TPSA) is 81.2 Å². The second-order valence-corrected chi connectivity index (χ2v) is 10.5. The highest BCUT2D eigenvalue weighted by atomic mass is 16.5. The number of ether oxygens (including phenoxy) is 1. The zero-order valence-electron chi connectivity index (χ0n) is 21.4. The van der Waals surface area contributed by atoms with Crippen LogP contribution in [0.2, 0.25) is 0 Å². The summed E-state index contributed by atoms with van der Waals surface area (Å²) in [6.45, 7) is 1.78. The maximum absolute atomic E-state index is 10.3. The van der Waals surface area contributed by atoms with Crippen LogP contribution in [0.3, 0.4) is 0 Å². The molecule has 1 N–H and O–H groups in total. The van der Waals surface area contributed by atoms with E-state index in [9.17, 15) is 5.11 Å². The van der Waals surface area contributed by atoms with Crippen molar-refractivity contribution in [3.05, 3.63) is 72.9 Å². The number of aliphatic hydroxyl groups excluding tert-OH is 1. The van der Waals surface area contributed by atoms with Crippen LogP contribution in [0.4, 0.5) is 5.69 Å². The number of hydrogen-bond acceptors (Lipinski definition) is 6. The molecular formula is C30H32N6O2. The molecular weight excluding hydrogens is 476 g/mol. The largest absolute Gasteiger partial charge is 0.472 e. The lowest BCUT2D eigenvalue weighted by Crippen LogP contribution is -2.21. The van der Waals surface area contributed by atoms with Gasteiger partial charge >= 0.3 is 0 Å². The highest BCUT2D eigenvalue weighted by Gasteiger charge is 2.27. The van der Waals surface area contributed by atoms with E-state index in [4.69, 9.17) is 14.7 Å². The first kappa shape index (κ1) is 23.2. The van der Waals surface area contributed by atoms with Crippen molar-refractivity contribution in [1.29, 1.82) is 0 Å². The average molecular weight is 509 g/mol. The van der Waals surface area contributed by atoms with Gasteiger partial charge in [0.25, 0.3) is 0 Å². The van der Waals surface area contributed by atoms with Gasteiger partial charge in [-0.15, -0.1) is 0 Å². The van der Waals surface area contributed by atoms with Gasteiger partial charge in [-0.3, -0.25) is 4.57 Å². The summed E-state index contributed by atoms with van der Waals surface area (Å²) in [7, 11) is 0. The summed E-state index contributed by atoms with van der Waals surface area (Å²) in [6, 6.07) is 17.1. The van der Waals surface area contributed by atoms with Crippen LogP contribution in [0, 0.1) is 0 Å². The Morgan fingerprint density at radius 1 is 0.947 bits per heavy atom. The minimum absolute atomic E-state index is 0.341. The lowest BCUT2D eigenvalue weighted by molar-refractivity contribution is 0.198. The van der Waals surface area contributed by atoms with Crippen LogP contribution >= 0.6 is 0 Å². The van der Waals surface area contributed by atoms with Crippen molar-refractivity contribution in [2.75, 3.05) is 18.0 Å². The van der Waals surface area contributed by atoms with Crippen molar-refractivity contribution >= 4 is 27.8 Å². The Hall–Kier alpha value is -3.91. The van der Waals surface area contributed by atoms with Crippen molar-refractivity contribution < 1.29 is 9.84 Å². The van der Waals surface area contributed by atoms with Gasteiger partial charge in [-0.05, 0) is 43.0 Å². The molecule has 8 nitrogen and oxygen atoms in total. The first-order valence-corrected chi connectivity index (χ1v) is 13.7. The molecule has 0 radical (unpaired) electrons. The van der Waals surface area contributed by atoms with Gasteiger partial charge in [0, 0.05) is 31.0 Å². The Bertz CT molecular complexity index is 1570. The molecule has 1 aliphatic heterocycles. The van der Waals surface area contributed by atoms with Gasteiger partial charge in [-0.2, -0.15) is 0 Å². The number of anilines is 1. The molecule has 0 bridgehead atoms. The molecule has 2 fully saturated rings. The minimum atomic E-state index is -0.341. The van der Waals surface area contributed by atoms with Crippen LogP contribution in [0.1, 0.15) is 50.1 Å². The second-order valence-electron chi connectivity index (χ2n) is 10.5. The summed E-state index contributed by atoms with van der Waals surface area (Å²) in [4.78, 5) is 16.2. The molecule has 1 saturated heterocycles. The summed E-state index contributed by atoms with van der Waals surface area (Å²) >= 11 is 0. The lowest BCUT2D eigenvalue weighted by atomic mass is 9.95. The van der Waals surface area contributed by atoms with E-state index in [1.807, 2.05) is 36.7 Å². The van der Waals surface area contributed by atoms with Gasteiger partial charge in [0.15, 0.2) is 5.65 Å². The number of aromatic nitrogens is 5. The number of nitrogens with zero attached hydrogens (tertiary/aromatic N) is 6. The smallest absolute Gasteiger partial charge is 0.228 e. The average Bonchev–Trinajstić information content (AvgIpc) is 3.69. The standard InChI is InChI=1S/C30H32N6O2/c37-24-13-14-34(16-24)27-17-35(29-28(27)30(32-19-31-29)38-18-21-7-3-1-4-8-21)23-11-12-26-25(15-23)33-20-36(26)22-9-5-2-6-10-22/h1,3-4,7-8,11-12,15,17,19-20,22,24,37H,2,5-6,9-10,13-14,16,18H2/t24-/m0/s1. The Labute approximate surface area is 221 Å². The normalized spacial score (nSPS) is 18.6. The third kappa shape index (κ3) is 4.19. The highest BCUT2D eigenvalue weighted by Crippen LogP contribution is 2.38. The zero-order chi connectivity index (χ0) is 25.5. The van der Waals surface area contributed by atoms with Gasteiger partial charge in [0.05, 0.1) is 29.2 Å². The van der Waals surface area contributed by atoms with Gasteiger partial charge in [-0.25, -0.2) is 15.0 Å². The summed E-state index contributed by atoms with van der Waals surface area (Å²) in [5.41, 5.74) is 6.01. The van der Waals surface area contributed by atoms with Crippen LogP contribution in [0.25, 0.3) is 27.8 Å². The molecule has 8 heteroatoms. The fraction of sp³-hybridized carbons (Fsp3) is 0.367. The van der Waals surface area contributed by atoms with E-state index in [0.29, 0.717) is 25.1 Å². The summed E-state index contributed by atoms with van der Waals surface area (Å²) in [5.74, 6) is 0.552. The van der Waals surface area contributed by atoms with E-state index < -0.39 is 0 Å². The molecule has 4 heterocycles. The van der Waals surface area contributed by atoms with Crippen molar-refractivity contribution in [1.82, 2.24) is 24.1 Å². The minimum Gasteiger partial charge on any atom is -0.472 e. The quantitative estimate of drug-likeness (QED) is 0.330. The van der Waals surface area contributed by atoms with Crippen LogP contribution in [-0.4, -0.2) is 48.4 Å². The van der Waals surface area contributed by atoms with Crippen LogP contribution in [0.5, 0.6) is 5.88 Å². The number of aliphatic hydroxyl groups is 1. The highest BCUT2D eigenvalue weighted by molar-refractivity contribution is 5.96. The number of benzene rings is 2. The molecule has 1 aliphatic carbocycles. The molecule has 1 atom stereocenters. The lowest BCUT2D eigenvalue weighted by Gasteiger charge is -2.23. The number of hydrogen-bond donors (Lipinski definition) is 1. The van der Waals surface area contributed by atoms with E-state index in [2.05, 4.69) is 43.4 Å². The fourth-order valence-electron chi connectivity index (χ4n) is 6.07. The predicted molar refractivity (Wildman–Crippen MR) is 148 cm³/mol. The molecule has 2 aliphatic rings. The summed E-state index contributed by atoms with van der Waals surface area (Å²) < 4.78 is 10.7. The number of rotatable bonds is 6. The van der Waals surface area contributed by atoms with Crippen LogP contribution < -0.4 is 9.64 Å². The third-order valence-corrected chi connectivity index (χ3v) is 8.06. The maximum Gasteiger partial charge on any atom is 0.228 e. The molecule has 5 aromatic rings. The molecule has 0 amide bonds. The molecule has 38 heavy (non-hydrogen) atoms. The van der Waals surface area contributed by atoms with E-state index in [1.54, 1.807) is 6.33 Å². The first-order valence-electron chi connectivity index (χ1n) is 13.7. The molecule has 1 saturated carbocycles. The van der Waals surface area contributed by atoms with Crippen LogP contribution in [-0.2, 0) is 6.61 Å².